The molecule has 0 aliphatic carbocycles. The number of nitro groups is 1. The van der Waals surface area contributed by atoms with E-state index in [1.165, 1.54) is 18.2 Å². The standard InChI is InChI=1S/C23H27N3O5/c1-5-25(22(28)31-23(2,3)4)16-18-8-6-7-9-20(18)24-21(27)15-12-17-10-13-19(14-11-17)26(29)30/h6-15H,5,16H2,1-4H3,(H,24,27)/b15-12+. The second kappa shape index (κ2) is 10.4. The van der Waals surface area contributed by atoms with Crippen LogP contribution in [-0.2, 0) is 16.1 Å². The number of carbonyl (C=O) groups is 2. The number of non-ortho nitro benzene ring substituents is 1. The van der Waals surface area contributed by atoms with E-state index >= 15 is 0 Å². The summed E-state index contributed by atoms with van der Waals surface area (Å²) >= 11 is 0. The van der Waals surface area contributed by atoms with Crippen molar-refractivity contribution in [1.82, 2.24) is 4.90 Å². The number of hydrogen-bond donors (Lipinski definition) is 1. The van der Waals surface area contributed by atoms with Crippen LogP contribution < -0.4 is 5.32 Å². The first-order valence-electron chi connectivity index (χ1n) is 9.88. The molecule has 2 aromatic carbocycles. The van der Waals surface area contributed by atoms with Crippen molar-refractivity contribution in [1.29, 1.82) is 0 Å². The molecule has 1 N–H and O–H groups in total. The molecule has 0 saturated carbocycles. The number of benzene rings is 2. The predicted octanol–water partition coefficient (Wildman–Crippen LogP) is 5.00. The molecule has 0 bridgehead atoms. The molecule has 2 rings (SSSR count). The van der Waals surface area contributed by atoms with Gasteiger partial charge >= 0.3 is 6.09 Å². The maximum atomic E-state index is 12.4. The molecule has 0 radical (unpaired) electrons. The van der Waals surface area contributed by atoms with E-state index in [0.717, 1.165) is 5.56 Å². The van der Waals surface area contributed by atoms with Gasteiger partial charge in [0.15, 0.2) is 0 Å². The molecule has 0 spiro atoms. The van der Waals surface area contributed by atoms with Gasteiger partial charge < -0.3 is 15.0 Å². The van der Waals surface area contributed by atoms with Gasteiger partial charge in [-0.1, -0.05) is 18.2 Å². The summed E-state index contributed by atoms with van der Waals surface area (Å²) in [6.45, 7) is 8.03. The van der Waals surface area contributed by atoms with Crippen LogP contribution in [0.2, 0.25) is 0 Å². The highest BCUT2D eigenvalue weighted by Gasteiger charge is 2.22. The molecule has 2 aromatic rings. The summed E-state index contributed by atoms with van der Waals surface area (Å²) < 4.78 is 5.44. The molecule has 0 saturated heterocycles. The minimum absolute atomic E-state index is 0.0130. The molecule has 31 heavy (non-hydrogen) atoms. The lowest BCUT2D eigenvalue weighted by molar-refractivity contribution is -0.384. The summed E-state index contributed by atoms with van der Waals surface area (Å²) in [5.74, 6) is -0.355. The molecule has 0 aliphatic heterocycles. The number of amides is 2. The van der Waals surface area contributed by atoms with Gasteiger partial charge in [-0.05, 0) is 63.1 Å². The van der Waals surface area contributed by atoms with Gasteiger partial charge in [-0.2, -0.15) is 0 Å². The SMILES string of the molecule is CCN(Cc1ccccc1NC(=O)/C=C/c1ccc([N+](=O)[O-])cc1)C(=O)OC(C)(C)C. The first-order chi connectivity index (χ1) is 14.6. The summed E-state index contributed by atoms with van der Waals surface area (Å²) in [4.78, 5) is 36.6. The van der Waals surface area contributed by atoms with Gasteiger partial charge in [0.25, 0.3) is 5.69 Å². The van der Waals surface area contributed by atoms with E-state index in [2.05, 4.69) is 5.32 Å². The zero-order chi connectivity index (χ0) is 23.0. The van der Waals surface area contributed by atoms with Crippen LogP contribution in [0.3, 0.4) is 0 Å². The highest BCUT2D eigenvalue weighted by molar-refractivity contribution is 6.02. The fraction of sp³-hybridized carbons (Fsp3) is 0.304. The lowest BCUT2D eigenvalue weighted by Crippen LogP contribution is -2.36. The van der Waals surface area contributed by atoms with E-state index < -0.39 is 16.6 Å². The molecule has 0 fully saturated rings. The summed E-state index contributed by atoms with van der Waals surface area (Å²) in [5, 5.41) is 13.5. The predicted molar refractivity (Wildman–Crippen MR) is 120 cm³/mol. The average molecular weight is 425 g/mol. The summed E-state index contributed by atoms with van der Waals surface area (Å²) in [6, 6.07) is 13.1. The van der Waals surface area contributed by atoms with Crippen LogP contribution >= 0.6 is 0 Å². The largest absolute Gasteiger partial charge is 0.444 e. The number of hydrogen-bond acceptors (Lipinski definition) is 5. The molecular weight excluding hydrogens is 398 g/mol. The molecule has 0 atom stereocenters. The van der Waals surface area contributed by atoms with Gasteiger partial charge in [-0.15, -0.1) is 0 Å². The molecule has 0 unspecified atom stereocenters. The van der Waals surface area contributed by atoms with Crippen LogP contribution in [0.4, 0.5) is 16.2 Å². The lowest BCUT2D eigenvalue weighted by atomic mass is 10.1. The minimum atomic E-state index is -0.596. The smallest absolute Gasteiger partial charge is 0.410 e. The molecule has 8 nitrogen and oxygen atoms in total. The Bertz CT molecular complexity index is 962. The van der Waals surface area contributed by atoms with Crippen LogP contribution in [0.25, 0.3) is 6.08 Å². The van der Waals surface area contributed by atoms with E-state index in [9.17, 15) is 19.7 Å². The fourth-order valence-electron chi connectivity index (χ4n) is 2.67. The van der Waals surface area contributed by atoms with E-state index in [-0.39, 0.29) is 18.1 Å². The van der Waals surface area contributed by atoms with Gasteiger partial charge in [0, 0.05) is 30.4 Å². The topological polar surface area (TPSA) is 102 Å². The monoisotopic (exact) mass is 425 g/mol. The highest BCUT2D eigenvalue weighted by Crippen LogP contribution is 2.19. The van der Waals surface area contributed by atoms with E-state index in [0.29, 0.717) is 17.8 Å². The first kappa shape index (κ1) is 23.6. The molecule has 2 amide bonds. The van der Waals surface area contributed by atoms with Crippen LogP contribution in [0.15, 0.2) is 54.6 Å². The second-order valence-corrected chi connectivity index (χ2v) is 7.82. The Morgan fingerprint density at radius 2 is 1.77 bits per heavy atom. The van der Waals surface area contributed by atoms with Gasteiger partial charge in [-0.25, -0.2) is 4.79 Å². The lowest BCUT2D eigenvalue weighted by Gasteiger charge is -2.27. The Kier molecular flexibility index (Phi) is 7.90. The molecule has 0 aromatic heterocycles. The number of nitro benzene ring substituents is 1. The maximum absolute atomic E-state index is 12.4. The Hall–Kier alpha value is -3.68. The van der Waals surface area contributed by atoms with Gasteiger partial charge in [0.05, 0.1) is 11.5 Å². The zero-order valence-electron chi connectivity index (χ0n) is 18.1. The van der Waals surface area contributed by atoms with Crippen LogP contribution in [0, 0.1) is 10.1 Å². The van der Waals surface area contributed by atoms with Crippen molar-refractivity contribution in [3.63, 3.8) is 0 Å². The highest BCUT2D eigenvalue weighted by atomic mass is 16.6. The molecule has 0 aliphatic rings. The zero-order valence-corrected chi connectivity index (χ0v) is 18.1. The molecule has 164 valence electrons. The Morgan fingerprint density at radius 1 is 1.13 bits per heavy atom. The number of nitrogens with one attached hydrogen (secondary N) is 1. The third-order valence-corrected chi connectivity index (χ3v) is 4.20. The summed E-state index contributed by atoms with van der Waals surface area (Å²) in [7, 11) is 0. The van der Waals surface area contributed by atoms with Crippen molar-refractivity contribution < 1.29 is 19.2 Å². The van der Waals surface area contributed by atoms with Crippen molar-refractivity contribution in [2.45, 2.75) is 39.8 Å². The first-order valence-corrected chi connectivity index (χ1v) is 9.88. The normalized spacial score (nSPS) is 11.2. The van der Waals surface area contributed by atoms with E-state index in [1.807, 2.05) is 39.8 Å². The van der Waals surface area contributed by atoms with Crippen LogP contribution in [-0.4, -0.2) is 34.0 Å². The number of anilines is 1. The van der Waals surface area contributed by atoms with Crippen molar-refractivity contribution >= 4 is 29.5 Å². The third-order valence-electron chi connectivity index (χ3n) is 4.20. The van der Waals surface area contributed by atoms with E-state index in [4.69, 9.17) is 4.74 Å². The molecule has 8 heteroatoms. The fourth-order valence-corrected chi connectivity index (χ4v) is 2.67. The minimum Gasteiger partial charge on any atom is -0.444 e. The summed E-state index contributed by atoms with van der Waals surface area (Å²) in [5.41, 5.74) is 1.41. The Labute approximate surface area is 181 Å². The van der Waals surface area contributed by atoms with E-state index in [1.54, 1.807) is 35.2 Å². The maximum Gasteiger partial charge on any atom is 0.410 e. The number of ether oxygens (including phenoxy) is 1. The number of rotatable bonds is 7. The van der Waals surface area contributed by atoms with Crippen LogP contribution in [0.5, 0.6) is 0 Å². The number of nitrogens with zero attached hydrogens (tertiary/aromatic N) is 2. The molecular formula is C23H27N3O5. The van der Waals surface area contributed by atoms with Gasteiger partial charge in [0.2, 0.25) is 5.91 Å². The number of carbonyl (C=O) groups excluding carboxylic acids is 2. The van der Waals surface area contributed by atoms with Crippen molar-refractivity contribution in [3.8, 4) is 0 Å². The quantitative estimate of drug-likeness (QED) is 0.382. The summed E-state index contributed by atoms with van der Waals surface area (Å²) in [6.07, 6.45) is 2.50. The Morgan fingerprint density at radius 3 is 2.35 bits per heavy atom. The van der Waals surface area contributed by atoms with Crippen molar-refractivity contribution in [2.75, 3.05) is 11.9 Å². The third kappa shape index (κ3) is 7.58. The van der Waals surface area contributed by atoms with Crippen molar-refractivity contribution in [3.05, 3.63) is 75.8 Å². The van der Waals surface area contributed by atoms with Crippen LogP contribution in [0.1, 0.15) is 38.8 Å². The van der Waals surface area contributed by atoms with Gasteiger partial charge in [0.1, 0.15) is 5.60 Å². The molecule has 0 heterocycles. The second-order valence-electron chi connectivity index (χ2n) is 7.82. The Balaban J connectivity index is 2.07. The number of para-hydroxylation sites is 1. The van der Waals surface area contributed by atoms with Gasteiger partial charge in [-0.3, -0.25) is 14.9 Å². The van der Waals surface area contributed by atoms with Crippen molar-refractivity contribution in [2.24, 2.45) is 0 Å². The average Bonchev–Trinajstić information content (AvgIpc) is 2.70.